The largest absolute Gasteiger partial charge is 0.351 e. The number of carbonyl (C=O) groups is 2. The van der Waals surface area contributed by atoms with E-state index < -0.39 is 0 Å². The predicted molar refractivity (Wildman–Crippen MR) is 109 cm³/mol. The van der Waals surface area contributed by atoms with Crippen molar-refractivity contribution >= 4 is 11.8 Å². The van der Waals surface area contributed by atoms with Gasteiger partial charge in [0.25, 0.3) is 11.8 Å². The molecule has 10 nitrogen and oxygen atoms in total. The Hall–Kier alpha value is -3.56. The number of amides is 2. The van der Waals surface area contributed by atoms with Gasteiger partial charge in [0, 0.05) is 44.4 Å². The Bertz CT molecular complexity index is 1080. The van der Waals surface area contributed by atoms with E-state index in [2.05, 4.69) is 25.4 Å². The Labute approximate surface area is 178 Å². The minimum absolute atomic E-state index is 0.200. The third kappa shape index (κ3) is 4.32. The maximum absolute atomic E-state index is 12.3. The quantitative estimate of drug-likeness (QED) is 0.552. The predicted octanol–water partition coefficient (Wildman–Crippen LogP) is 1.94. The molecule has 2 amide bonds. The van der Waals surface area contributed by atoms with Crippen molar-refractivity contribution in [1.29, 1.82) is 0 Å². The molecule has 4 heterocycles. The highest BCUT2D eigenvalue weighted by molar-refractivity contribution is 5.92. The minimum Gasteiger partial charge on any atom is -0.351 e. The van der Waals surface area contributed by atoms with Gasteiger partial charge in [-0.15, -0.1) is 0 Å². The zero-order valence-electron chi connectivity index (χ0n) is 17.0. The second-order valence-electron chi connectivity index (χ2n) is 7.90. The van der Waals surface area contributed by atoms with Crippen molar-refractivity contribution < 1.29 is 14.1 Å². The van der Waals surface area contributed by atoms with E-state index in [0.29, 0.717) is 42.8 Å². The Morgan fingerprint density at radius 3 is 2.90 bits per heavy atom. The van der Waals surface area contributed by atoms with E-state index in [-0.39, 0.29) is 11.8 Å². The molecule has 1 N–H and O–H groups in total. The van der Waals surface area contributed by atoms with Crippen molar-refractivity contribution in [3.63, 3.8) is 0 Å². The molecule has 160 valence electrons. The molecular formula is C21H23N7O3. The molecule has 0 radical (unpaired) electrons. The van der Waals surface area contributed by atoms with Crippen molar-refractivity contribution in [2.75, 3.05) is 19.6 Å². The molecule has 5 rings (SSSR count). The summed E-state index contributed by atoms with van der Waals surface area (Å²) in [5.74, 6) is 2.24. The van der Waals surface area contributed by atoms with E-state index in [4.69, 9.17) is 4.52 Å². The number of rotatable bonds is 8. The summed E-state index contributed by atoms with van der Waals surface area (Å²) in [4.78, 5) is 38.8. The molecule has 0 spiro atoms. The number of aromatic nitrogens is 5. The van der Waals surface area contributed by atoms with Crippen LogP contribution in [0.15, 0.2) is 35.4 Å². The first-order valence-corrected chi connectivity index (χ1v) is 10.6. The van der Waals surface area contributed by atoms with E-state index in [0.717, 1.165) is 43.6 Å². The van der Waals surface area contributed by atoms with Crippen LogP contribution in [0.1, 0.15) is 54.3 Å². The summed E-state index contributed by atoms with van der Waals surface area (Å²) in [5, 5.41) is 6.87. The minimum atomic E-state index is -0.249. The molecule has 3 aromatic heterocycles. The fourth-order valence-corrected chi connectivity index (χ4v) is 3.59. The summed E-state index contributed by atoms with van der Waals surface area (Å²) in [7, 11) is 0. The van der Waals surface area contributed by atoms with Gasteiger partial charge in [-0.1, -0.05) is 5.16 Å². The fraction of sp³-hybridized carbons (Fsp3) is 0.429. The van der Waals surface area contributed by atoms with Gasteiger partial charge in [0.1, 0.15) is 17.8 Å². The average Bonchev–Trinajstić information content (AvgIpc) is 3.18. The van der Waals surface area contributed by atoms with Crippen LogP contribution in [0.4, 0.5) is 0 Å². The molecule has 1 saturated heterocycles. The zero-order valence-corrected chi connectivity index (χ0v) is 17.0. The smallest absolute Gasteiger partial charge is 0.271 e. The first-order valence-electron chi connectivity index (χ1n) is 10.6. The topological polar surface area (TPSA) is 119 Å². The van der Waals surface area contributed by atoms with E-state index in [1.165, 1.54) is 0 Å². The number of hydrogen-bond donors (Lipinski definition) is 1. The van der Waals surface area contributed by atoms with Crippen molar-refractivity contribution in [2.45, 2.75) is 38.0 Å². The van der Waals surface area contributed by atoms with Crippen LogP contribution < -0.4 is 5.32 Å². The van der Waals surface area contributed by atoms with Crippen LogP contribution in [0.3, 0.4) is 0 Å². The van der Waals surface area contributed by atoms with Gasteiger partial charge in [0.15, 0.2) is 5.82 Å². The third-order valence-electron chi connectivity index (χ3n) is 5.52. The van der Waals surface area contributed by atoms with Gasteiger partial charge >= 0.3 is 0 Å². The monoisotopic (exact) mass is 421 g/mol. The van der Waals surface area contributed by atoms with Crippen molar-refractivity contribution in [3.05, 3.63) is 42.4 Å². The van der Waals surface area contributed by atoms with E-state index in [1.807, 2.05) is 17.0 Å². The molecule has 0 unspecified atom stereocenters. The SMILES string of the molecule is O=C(NCCCN1CCCC1=O)c1cn(-c2ccc(-c3nc(C4CC4)no3)cn2)cn1. The molecule has 2 aliphatic rings. The number of nitrogens with one attached hydrogen (secondary N) is 1. The molecule has 1 aliphatic heterocycles. The lowest BCUT2D eigenvalue weighted by atomic mass is 10.3. The summed E-state index contributed by atoms with van der Waals surface area (Å²) in [6, 6.07) is 3.67. The molecular weight excluding hydrogens is 398 g/mol. The second kappa shape index (κ2) is 8.29. The Kier molecular flexibility index (Phi) is 5.19. The van der Waals surface area contributed by atoms with Crippen LogP contribution in [0, 0.1) is 0 Å². The summed E-state index contributed by atoms with van der Waals surface area (Å²) in [6.45, 7) is 1.98. The molecule has 31 heavy (non-hydrogen) atoms. The first-order chi connectivity index (χ1) is 15.2. The number of pyridine rings is 1. The Balaban J connectivity index is 1.15. The standard InChI is InChI=1S/C21H23N7O3/c29-18-3-1-9-27(18)10-2-8-22-20(30)16-12-28(13-24-16)17-7-6-15(11-23-17)21-25-19(26-31-21)14-4-5-14/h6-7,11-14H,1-5,8-10H2,(H,22,30). The van der Waals surface area contributed by atoms with Gasteiger partial charge in [-0.05, 0) is 37.8 Å². The molecule has 0 bridgehead atoms. The highest BCUT2D eigenvalue weighted by atomic mass is 16.5. The Morgan fingerprint density at radius 1 is 1.26 bits per heavy atom. The van der Waals surface area contributed by atoms with Crippen molar-refractivity contribution in [1.82, 2.24) is 34.9 Å². The van der Waals surface area contributed by atoms with Crippen LogP contribution in [0.25, 0.3) is 17.3 Å². The highest BCUT2D eigenvalue weighted by Gasteiger charge is 2.29. The summed E-state index contributed by atoms with van der Waals surface area (Å²) in [6.07, 6.45) is 9.37. The lowest BCUT2D eigenvalue weighted by Crippen LogP contribution is -2.30. The van der Waals surface area contributed by atoms with Crippen LogP contribution in [-0.4, -0.2) is 61.0 Å². The molecule has 1 saturated carbocycles. The first kappa shape index (κ1) is 19.4. The number of imidazole rings is 1. The van der Waals surface area contributed by atoms with Gasteiger partial charge in [0.05, 0.1) is 5.56 Å². The van der Waals surface area contributed by atoms with Gasteiger partial charge < -0.3 is 14.7 Å². The van der Waals surface area contributed by atoms with Crippen LogP contribution >= 0.6 is 0 Å². The summed E-state index contributed by atoms with van der Waals surface area (Å²) >= 11 is 0. The Morgan fingerprint density at radius 2 is 2.16 bits per heavy atom. The molecule has 2 fully saturated rings. The highest BCUT2D eigenvalue weighted by Crippen LogP contribution is 2.38. The molecule has 3 aromatic rings. The maximum Gasteiger partial charge on any atom is 0.271 e. The van der Waals surface area contributed by atoms with Gasteiger partial charge in [-0.25, -0.2) is 9.97 Å². The molecule has 0 atom stereocenters. The van der Waals surface area contributed by atoms with E-state index in [9.17, 15) is 9.59 Å². The summed E-state index contributed by atoms with van der Waals surface area (Å²) in [5.41, 5.74) is 1.06. The molecule has 10 heteroatoms. The third-order valence-corrected chi connectivity index (χ3v) is 5.52. The number of carbonyl (C=O) groups excluding carboxylic acids is 2. The van der Waals surface area contributed by atoms with E-state index >= 15 is 0 Å². The van der Waals surface area contributed by atoms with Crippen LogP contribution in [-0.2, 0) is 4.79 Å². The lowest BCUT2D eigenvalue weighted by Gasteiger charge is -2.14. The second-order valence-corrected chi connectivity index (χ2v) is 7.90. The summed E-state index contributed by atoms with van der Waals surface area (Å²) < 4.78 is 7.01. The normalized spacial score (nSPS) is 16.1. The number of hydrogen-bond acceptors (Lipinski definition) is 7. The number of nitrogens with zero attached hydrogens (tertiary/aromatic N) is 6. The maximum atomic E-state index is 12.3. The number of likely N-dealkylation sites (tertiary alicyclic amines) is 1. The van der Waals surface area contributed by atoms with Crippen LogP contribution in [0.5, 0.6) is 0 Å². The molecule has 0 aromatic carbocycles. The van der Waals surface area contributed by atoms with Gasteiger partial charge in [0.2, 0.25) is 5.91 Å². The zero-order chi connectivity index (χ0) is 21.2. The average molecular weight is 421 g/mol. The lowest BCUT2D eigenvalue weighted by molar-refractivity contribution is -0.127. The van der Waals surface area contributed by atoms with Crippen molar-refractivity contribution in [2.24, 2.45) is 0 Å². The van der Waals surface area contributed by atoms with Gasteiger partial charge in [-0.3, -0.25) is 14.2 Å². The molecule has 1 aliphatic carbocycles. The van der Waals surface area contributed by atoms with Crippen LogP contribution in [0.2, 0.25) is 0 Å². The fourth-order valence-electron chi connectivity index (χ4n) is 3.59. The van der Waals surface area contributed by atoms with E-state index in [1.54, 1.807) is 23.3 Å². The van der Waals surface area contributed by atoms with Gasteiger partial charge in [-0.2, -0.15) is 4.98 Å². The van der Waals surface area contributed by atoms with Crippen molar-refractivity contribution in [3.8, 4) is 17.3 Å².